The highest BCUT2D eigenvalue weighted by molar-refractivity contribution is 5.95. The fraction of sp³-hybridized carbons (Fsp3) is 0.625. The van der Waals surface area contributed by atoms with Gasteiger partial charge in [-0.25, -0.2) is 10.8 Å². The Labute approximate surface area is 126 Å². The highest BCUT2D eigenvalue weighted by Crippen LogP contribution is 2.24. The maximum atomic E-state index is 12.5. The van der Waals surface area contributed by atoms with Gasteiger partial charge < -0.3 is 10.7 Å². The molecule has 116 valence electrons. The van der Waals surface area contributed by atoms with E-state index in [2.05, 4.69) is 22.7 Å². The number of carbonyl (C=O) groups is 1. The molecule has 21 heavy (non-hydrogen) atoms. The molecule has 0 saturated heterocycles. The molecule has 0 radical (unpaired) electrons. The van der Waals surface area contributed by atoms with Crippen molar-refractivity contribution in [3.63, 3.8) is 0 Å². The van der Waals surface area contributed by atoms with Gasteiger partial charge in [-0.15, -0.1) is 0 Å². The molecule has 0 aliphatic heterocycles. The lowest BCUT2D eigenvalue weighted by molar-refractivity contribution is 0.0921. The quantitative estimate of drug-likeness (QED) is 0.588. The summed E-state index contributed by atoms with van der Waals surface area (Å²) in [5.74, 6) is 6.88. The lowest BCUT2D eigenvalue weighted by Crippen LogP contribution is -2.38. The summed E-state index contributed by atoms with van der Waals surface area (Å²) in [7, 11) is 0. The number of carbonyl (C=O) groups excluding carboxylic acids is 1. The van der Waals surface area contributed by atoms with Gasteiger partial charge in [0.05, 0.1) is 0 Å². The molecule has 2 atom stereocenters. The van der Waals surface area contributed by atoms with Crippen molar-refractivity contribution in [2.24, 2.45) is 11.8 Å². The van der Waals surface area contributed by atoms with Crippen molar-refractivity contribution in [1.29, 1.82) is 0 Å². The molecule has 1 fully saturated rings. The smallest absolute Gasteiger partial charge is 0.251 e. The Balaban J connectivity index is 2.12. The predicted molar refractivity (Wildman–Crippen MR) is 85.0 cm³/mol. The van der Waals surface area contributed by atoms with E-state index in [9.17, 15) is 4.79 Å². The van der Waals surface area contributed by atoms with E-state index in [-0.39, 0.29) is 17.9 Å². The molecule has 0 bridgehead atoms. The summed E-state index contributed by atoms with van der Waals surface area (Å²) >= 11 is 0. The Morgan fingerprint density at radius 2 is 2.14 bits per heavy atom. The fourth-order valence-corrected chi connectivity index (χ4v) is 2.89. The Morgan fingerprint density at radius 3 is 2.76 bits per heavy atom. The van der Waals surface area contributed by atoms with Gasteiger partial charge in [-0.3, -0.25) is 4.79 Å². The molecule has 1 aliphatic carbocycles. The zero-order chi connectivity index (χ0) is 15.4. The van der Waals surface area contributed by atoms with Crippen molar-refractivity contribution >= 4 is 11.7 Å². The van der Waals surface area contributed by atoms with E-state index in [0.717, 1.165) is 18.5 Å². The molecular weight excluding hydrogens is 264 g/mol. The van der Waals surface area contributed by atoms with E-state index in [1.54, 1.807) is 6.07 Å². The van der Waals surface area contributed by atoms with Gasteiger partial charge in [0.25, 0.3) is 5.91 Å². The molecule has 1 aliphatic rings. The van der Waals surface area contributed by atoms with Crippen molar-refractivity contribution in [2.45, 2.75) is 58.4 Å². The number of nitrogens with two attached hydrogens (primary N) is 1. The number of aromatic nitrogens is 1. The van der Waals surface area contributed by atoms with Gasteiger partial charge in [0.2, 0.25) is 0 Å². The maximum Gasteiger partial charge on any atom is 0.251 e. The zero-order valence-electron chi connectivity index (χ0n) is 13.1. The molecule has 0 aromatic carbocycles. The summed E-state index contributed by atoms with van der Waals surface area (Å²) in [5, 5.41) is 3.15. The molecule has 5 nitrogen and oxygen atoms in total. The van der Waals surface area contributed by atoms with E-state index in [1.165, 1.54) is 12.8 Å². The minimum absolute atomic E-state index is 0.0325. The number of nitrogens with zero attached hydrogens (tertiary/aromatic N) is 1. The van der Waals surface area contributed by atoms with Crippen molar-refractivity contribution < 1.29 is 4.79 Å². The van der Waals surface area contributed by atoms with E-state index >= 15 is 0 Å². The van der Waals surface area contributed by atoms with Crippen LogP contribution in [0.3, 0.4) is 0 Å². The number of nitrogens with one attached hydrogen (secondary N) is 2. The molecule has 4 N–H and O–H groups in total. The SMILES string of the molecule is CC1CCCC(NC(=O)c2cc(NN)nc(C(C)C)c2)C1. The summed E-state index contributed by atoms with van der Waals surface area (Å²) in [6, 6.07) is 3.84. The van der Waals surface area contributed by atoms with Crippen LogP contribution in [0.25, 0.3) is 0 Å². The summed E-state index contributed by atoms with van der Waals surface area (Å²) in [6.45, 7) is 6.35. The molecule has 5 heteroatoms. The average Bonchev–Trinajstić information content (AvgIpc) is 2.46. The second kappa shape index (κ2) is 6.89. The fourth-order valence-electron chi connectivity index (χ4n) is 2.89. The molecule has 2 rings (SSSR count). The van der Waals surface area contributed by atoms with Gasteiger partial charge in [-0.1, -0.05) is 33.6 Å². The third kappa shape index (κ3) is 4.17. The van der Waals surface area contributed by atoms with E-state index < -0.39 is 0 Å². The van der Waals surface area contributed by atoms with Crippen LogP contribution in [-0.2, 0) is 0 Å². The van der Waals surface area contributed by atoms with Crippen LogP contribution in [0.2, 0.25) is 0 Å². The van der Waals surface area contributed by atoms with Crippen molar-refractivity contribution in [2.75, 3.05) is 5.43 Å². The van der Waals surface area contributed by atoms with E-state index in [1.807, 2.05) is 19.9 Å². The van der Waals surface area contributed by atoms with Crippen LogP contribution < -0.4 is 16.6 Å². The maximum absolute atomic E-state index is 12.5. The molecule has 1 heterocycles. The Bertz CT molecular complexity index is 501. The average molecular weight is 290 g/mol. The normalized spacial score (nSPS) is 22.1. The summed E-state index contributed by atoms with van der Waals surface area (Å²) < 4.78 is 0. The number of pyridine rings is 1. The number of amides is 1. The Kier molecular flexibility index (Phi) is 5.17. The molecule has 1 saturated carbocycles. The Hall–Kier alpha value is -1.62. The van der Waals surface area contributed by atoms with Gasteiger partial charge in [-0.05, 0) is 36.8 Å². The highest BCUT2D eigenvalue weighted by atomic mass is 16.1. The second-order valence-electron chi connectivity index (χ2n) is 6.41. The molecule has 2 unspecified atom stereocenters. The van der Waals surface area contributed by atoms with Gasteiger partial charge >= 0.3 is 0 Å². The number of anilines is 1. The minimum atomic E-state index is -0.0325. The van der Waals surface area contributed by atoms with Crippen LogP contribution in [0.15, 0.2) is 12.1 Å². The number of hydrogen-bond acceptors (Lipinski definition) is 4. The number of nitrogen functional groups attached to an aromatic ring is 1. The van der Waals surface area contributed by atoms with Crippen LogP contribution >= 0.6 is 0 Å². The molecule has 1 aromatic rings. The summed E-state index contributed by atoms with van der Waals surface area (Å²) in [5.41, 5.74) is 4.03. The van der Waals surface area contributed by atoms with Gasteiger partial charge in [0.15, 0.2) is 0 Å². The van der Waals surface area contributed by atoms with Crippen LogP contribution in [0.4, 0.5) is 5.82 Å². The minimum Gasteiger partial charge on any atom is -0.349 e. The first-order valence-electron chi connectivity index (χ1n) is 7.79. The topological polar surface area (TPSA) is 80.0 Å². The largest absolute Gasteiger partial charge is 0.349 e. The number of rotatable bonds is 4. The Morgan fingerprint density at radius 1 is 1.38 bits per heavy atom. The molecule has 1 aromatic heterocycles. The van der Waals surface area contributed by atoms with Crippen LogP contribution in [-0.4, -0.2) is 16.9 Å². The summed E-state index contributed by atoms with van der Waals surface area (Å²) in [6.07, 6.45) is 4.59. The first-order chi connectivity index (χ1) is 9.99. The monoisotopic (exact) mass is 290 g/mol. The first-order valence-corrected chi connectivity index (χ1v) is 7.79. The van der Waals surface area contributed by atoms with E-state index in [4.69, 9.17) is 5.84 Å². The lowest BCUT2D eigenvalue weighted by atomic mass is 9.87. The van der Waals surface area contributed by atoms with Crippen molar-refractivity contribution in [3.8, 4) is 0 Å². The summed E-state index contributed by atoms with van der Waals surface area (Å²) in [4.78, 5) is 16.8. The third-order valence-electron chi connectivity index (χ3n) is 4.12. The number of hydrazine groups is 1. The third-order valence-corrected chi connectivity index (χ3v) is 4.12. The zero-order valence-corrected chi connectivity index (χ0v) is 13.1. The number of hydrogen-bond donors (Lipinski definition) is 3. The molecule has 0 spiro atoms. The van der Waals surface area contributed by atoms with Crippen LogP contribution in [0.5, 0.6) is 0 Å². The van der Waals surface area contributed by atoms with Crippen LogP contribution in [0, 0.1) is 5.92 Å². The van der Waals surface area contributed by atoms with Crippen molar-refractivity contribution in [1.82, 2.24) is 10.3 Å². The lowest BCUT2D eigenvalue weighted by Gasteiger charge is -2.27. The van der Waals surface area contributed by atoms with Crippen molar-refractivity contribution in [3.05, 3.63) is 23.4 Å². The first kappa shape index (κ1) is 15.8. The van der Waals surface area contributed by atoms with Gasteiger partial charge in [0, 0.05) is 17.3 Å². The van der Waals surface area contributed by atoms with E-state index in [0.29, 0.717) is 17.3 Å². The standard InChI is InChI=1S/C16H26N4O/c1-10(2)14-8-12(9-15(19-14)20-17)16(21)18-13-6-4-5-11(3)7-13/h8-11,13H,4-7,17H2,1-3H3,(H,18,21)(H,19,20). The predicted octanol–water partition coefficient (Wildman–Crippen LogP) is 2.80. The highest BCUT2D eigenvalue weighted by Gasteiger charge is 2.21. The molecular formula is C16H26N4O. The molecule has 1 amide bonds. The van der Waals surface area contributed by atoms with Crippen LogP contribution in [0.1, 0.15) is 68.4 Å². The van der Waals surface area contributed by atoms with Gasteiger partial charge in [0.1, 0.15) is 5.82 Å². The van der Waals surface area contributed by atoms with Gasteiger partial charge in [-0.2, -0.15) is 0 Å². The second-order valence-corrected chi connectivity index (χ2v) is 6.41.